The molecule has 1 heterocycles. The molecule has 0 aromatic heterocycles. The van der Waals surface area contributed by atoms with Crippen molar-refractivity contribution in [1.29, 1.82) is 0 Å². The van der Waals surface area contributed by atoms with Crippen molar-refractivity contribution >= 4 is 26.0 Å². The van der Waals surface area contributed by atoms with Gasteiger partial charge < -0.3 is 5.32 Å². The van der Waals surface area contributed by atoms with Crippen LogP contribution in [-0.2, 0) is 31.3 Å². The van der Waals surface area contributed by atoms with Crippen molar-refractivity contribution in [3.8, 4) is 0 Å². The summed E-state index contributed by atoms with van der Waals surface area (Å²) in [5.74, 6) is -0.126. The highest BCUT2D eigenvalue weighted by Gasteiger charge is 2.32. The third-order valence-electron chi connectivity index (χ3n) is 5.94. The smallest absolute Gasteiger partial charge is 0.243 e. The van der Waals surface area contributed by atoms with E-state index in [1.807, 2.05) is 0 Å². The molecule has 0 spiro atoms. The summed E-state index contributed by atoms with van der Waals surface area (Å²) in [6.45, 7) is 4.02. The number of nitrogens with one attached hydrogen (secondary N) is 2. The van der Waals surface area contributed by atoms with Gasteiger partial charge in [-0.2, -0.15) is 4.31 Å². The van der Waals surface area contributed by atoms with E-state index < -0.39 is 20.0 Å². The SMILES string of the molecule is C=CS(=O)(=O)NC[C@H]1CCN(S(=O)(=O)c2ccc(CC(=O)NC3CCCCC3)cc2)C1. The molecule has 1 aliphatic carbocycles. The molecule has 31 heavy (non-hydrogen) atoms. The molecule has 1 atom stereocenters. The zero-order valence-electron chi connectivity index (χ0n) is 17.6. The normalized spacial score (nSPS) is 21.1. The van der Waals surface area contributed by atoms with Gasteiger partial charge in [0, 0.05) is 31.1 Å². The van der Waals surface area contributed by atoms with Crippen LogP contribution < -0.4 is 10.0 Å². The Morgan fingerprint density at radius 1 is 1.06 bits per heavy atom. The van der Waals surface area contributed by atoms with Gasteiger partial charge in [-0.15, -0.1) is 0 Å². The molecule has 10 heteroatoms. The van der Waals surface area contributed by atoms with Crippen LogP contribution in [0.25, 0.3) is 0 Å². The Balaban J connectivity index is 1.54. The lowest BCUT2D eigenvalue weighted by molar-refractivity contribution is -0.121. The van der Waals surface area contributed by atoms with E-state index in [1.54, 1.807) is 12.1 Å². The third-order valence-corrected chi connectivity index (χ3v) is 8.82. The summed E-state index contributed by atoms with van der Waals surface area (Å²) in [4.78, 5) is 12.4. The largest absolute Gasteiger partial charge is 0.353 e. The summed E-state index contributed by atoms with van der Waals surface area (Å²) < 4.78 is 52.6. The maximum atomic E-state index is 12.9. The molecule has 2 aliphatic rings. The third kappa shape index (κ3) is 6.61. The minimum Gasteiger partial charge on any atom is -0.353 e. The van der Waals surface area contributed by atoms with Crippen molar-refractivity contribution < 1.29 is 21.6 Å². The van der Waals surface area contributed by atoms with E-state index in [0.29, 0.717) is 13.0 Å². The molecule has 1 saturated carbocycles. The van der Waals surface area contributed by atoms with Crippen molar-refractivity contribution in [2.45, 2.75) is 55.9 Å². The molecule has 1 aliphatic heterocycles. The highest BCUT2D eigenvalue weighted by Crippen LogP contribution is 2.24. The number of sulfonamides is 2. The number of carbonyl (C=O) groups is 1. The molecule has 3 rings (SSSR count). The molecule has 2 fully saturated rings. The first kappa shape index (κ1) is 23.9. The molecule has 0 unspecified atom stereocenters. The minimum atomic E-state index is -3.66. The number of nitrogens with zero attached hydrogens (tertiary/aromatic N) is 1. The van der Waals surface area contributed by atoms with Crippen LogP contribution in [0.15, 0.2) is 41.1 Å². The van der Waals surface area contributed by atoms with Gasteiger partial charge >= 0.3 is 0 Å². The average molecular weight is 470 g/mol. The van der Waals surface area contributed by atoms with E-state index in [0.717, 1.165) is 36.7 Å². The molecular weight excluding hydrogens is 438 g/mol. The minimum absolute atomic E-state index is 0.0353. The molecule has 1 saturated heterocycles. The van der Waals surface area contributed by atoms with Crippen LogP contribution in [0.3, 0.4) is 0 Å². The monoisotopic (exact) mass is 469 g/mol. The van der Waals surface area contributed by atoms with Crippen LogP contribution in [0.5, 0.6) is 0 Å². The maximum Gasteiger partial charge on any atom is 0.243 e. The zero-order valence-corrected chi connectivity index (χ0v) is 19.3. The first-order valence-electron chi connectivity index (χ1n) is 10.7. The molecule has 172 valence electrons. The van der Waals surface area contributed by atoms with E-state index in [2.05, 4.69) is 16.6 Å². The summed E-state index contributed by atoms with van der Waals surface area (Å²) in [5, 5.41) is 3.91. The van der Waals surface area contributed by atoms with Gasteiger partial charge in [-0.3, -0.25) is 4.79 Å². The zero-order chi connectivity index (χ0) is 22.5. The molecule has 1 aromatic carbocycles. The van der Waals surface area contributed by atoms with Crippen LogP contribution in [0, 0.1) is 5.92 Å². The second kappa shape index (κ2) is 10.2. The molecule has 1 amide bonds. The molecule has 0 radical (unpaired) electrons. The van der Waals surface area contributed by atoms with Crippen LogP contribution in [0.4, 0.5) is 0 Å². The van der Waals surface area contributed by atoms with E-state index >= 15 is 0 Å². The lowest BCUT2D eigenvalue weighted by Gasteiger charge is -2.22. The lowest BCUT2D eigenvalue weighted by atomic mass is 9.95. The quantitative estimate of drug-likeness (QED) is 0.572. The predicted molar refractivity (Wildman–Crippen MR) is 119 cm³/mol. The van der Waals surface area contributed by atoms with Crippen LogP contribution in [0.2, 0.25) is 0 Å². The molecule has 8 nitrogen and oxygen atoms in total. The van der Waals surface area contributed by atoms with Crippen molar-refractivity contribution in [3.63, 3.8) is 0 Å². The molecule has 1 aromatic rings. The number of carbonyl (C=O) groups excluding carboxylic acids is 1. The van der Waals surface area contributed by atoms with Gasteiger partial charge in [0.15, 0.2) is 0 Å². The Kier molecular flexibility index (Phi) is 7.90. The van der Waals surface area contributed by atoms with Gasteiger partial charge in [0.25, 0.3) is 0 Å². The van der Waals surface area contributed by atoms with Gasteiger partial charge in [0.05, 0.1) is 11.3 Å². The number of benzene rings is 1. The summed E-state index contributed by atoms with van der Waals surface area (Å²) in [6.07, 6.45) is 6.38. The number of hydrogen-bond donors (Lipinski definition) is 2. The van der Waals surface area contributed by atoms with E-state index in [4.69, 9.17) is 0 Å². The standard InChI is InChI=1S/C21H31N3O5S2/c1-2-30(26,27)22-15-18-12-13-24(16-18)31(28,29)20-10-8-17(9-11-20)14-21(25)23-19-6-4-3-5-7-19/h2,8-11,18-19,22H,1,3-7,12-16H2,(H,23,25)/t18-/m1/s1. The predicted octanol–water partition coefficient (Wildman–Crippen LogP) is 1.75. The van der Waals surface area contributed by atoms with Gasteiger partial charge in [-0.25, -0.2) is 21.6 Å². The molecule has 0 bridgehead atoms. The highest BCUT2D eigenvalue weighted by molar-refractivity contribution is 7.92. The Labute approximate surface area is 185 Å². The van der Waals surface area contributed by atoms with Crippen molar-refractivity contribution in [2.75, 3.05) is 19.6 Å². The van der Waals surface area contributed by atoms with E-state index in [-0.39, 0.29) is 42.3 Å². The van der Waals surface area contributed by atoms with Gasteiger partial charge in [-0.05, 0) is 42.9 Å². The summed E-state index contributed by atoms with van der Waals surface area (Å²) in [7, 11) is -7.19. The second-order valence-corrected chi connectivity index (χ2v) is 12.0. The number of hydrogen-bond acceptors (Lipinski definition) is 5. The van der Waals surface area contributed by atoms with Crippen LogP contribution in [-0.4, -0.2) is 52.7 Å². The van der Waals surface area contributed by atoms with Crippen LogP contribution >= 0.6 is 0 Å². The van der Waals surface area contributed by atoms with Crippen molar-refractivity contribution in [3.05, 3.63) is 41.8 Å². The van der Waals surface area contributed by atoms with E-state index in [1.165, 1.54) is 22.9 Å². The first-order chi connectivity index (χ1) is 14.7. The number of amides is 1. The van der Waals surface area contributed by atoms with Crippen LogP contribution in [0.1, 0.15) is 44.1 Å². The summed E-state index contributed by atoms with van der Waals surface area (Å²) >= 11 is 0. The first-order valence-corrected chi connectivity index (χ1v) is 13.7. The average Bonchev–Trinajstić information content (AvgIpc) is 3.23. The second-order valence-electron chi connectivity index (χ2n) is 8.30. The fraction of sp³-hybridized carbons (Fsp3) is 0.571. The van der Waals surface area contributed by atoms with Crippen molar-refractivity contribution in [2.24, 2.45) is 5.92 Å². The summed E-state index contributed by atoms with van der Waals surface area (Å²) in [5.41, 5.74) is 0.769. The molecular formula is C21H31N3O5S2. The Hall–Kier alpha value is -1.75. The highest BCUT2D eigenvalue weighted by atomic mass is 32.2. The maximum absolute atomic E-state index is 12.9. The van der Waals surface area contributed by atoms with Gasteiger partial charge in [0.2, 0.25) is 26.0 Å². The number of rotatable bonds is 9. The Bertz CT molecular complexity index is 984. The molecule has 2 N–H and O–H groups in total. The van der Waals surface area contributed by atoms with Gasteiger partial charge in [0.1, 0.15) is 0 Å². The Morgan fingerprint density at radius 2 is 1.74 bits per heavy atom. The fourth-order valence-corrected chi connectivity index (χ4v) is 6.23. The summed E-state index contributed by atoms with van der Waals surface area (Å²) in [6, 6.07) is 6.68. The fourth-order valence-electron chi connectivity index (χ4n) is 4.11. The topological polar surface area (TPSA) is 113 Å². The van der Waals surface area contributed by atoms with Crippen molar-refractivity contribution in [1.82, 2.24) is 14.3 Å². The van der Waals surface area contributed by atoms with E-state index in [9.17, 15) is 21.6 Å². The lowest BCUT2D eigenvalue weighted by Crippen LogP contribution is -2.37. The van der Waals surface area contributed by atoms with Gasteiger partial charge in [-0.1, -0.05) is 38.0 Å². The Morgan fingerprint density at radius 3 is 2.39 bits per heavy atom.